The van der Waals surface area contributed by atoms with Crippen LogP contribution in [0.2, 0.25) is 0 Å². The Bertz CT molecular complexity index is 944. The number of methoxy groups -OCH3 is 1. The number of amides is 1. The minimum atomic E-state index is -0.0134. The summed E-state index contributed by atoms with van der Waals surface area (Å²) in [6.07, 6.45) is 3.84. The lowest BCUT2D eigenvalue weighted by molar-refractivity contribution is -0.117. The molecule has 1 aliphatic heterocycles. The van der Waals surface area contributed by atoms with Gasteiger partial charge >= 0.3 is 0 Å². The van der Waals surface area contributed by atoms with Crippen LogP contribution in [0.15, 0.2) is 54.0 Å². The van der Waals surface area contributed by atoms with E-state index in [0.29, 0.717) is 17.6 Å². The number of carbonyl (C=O) groups excluding carboxylic acids is 1. The lowest BCUT2D eigenvalue weighted by atomic mass is 9.94. The molecule has 4 rings (SSSR count). The largest absolute Gasteiger partial charge is 0.497 e. The molecule has 150 valence electrons. The topological polar surface area (TPSA) is 67.3 Å². The van der Waals surface area contributed by atoms with Gasteiger partial charge in [-0.05, 0) is 55.8 Å². The van der Waals surface area contributed by atoms with Crippen molar-refractivity contribution in [2.24, 2.45) is 0 Å². The number of hydrogen-bond donors (Lipinski definition) is 1. The number of anilines is 1. The van der Waals surface area contributed by atoms with Crippen LogP contribution in [0, 0.1) is 0 Å². The number of nitrogens with zero attached hydrogens (tertiary/aromatic N) is 3. The highest BCUT2D eigenvalue weighted by molar-refractivity contribution is 7.13. The first kappa shape index (κ1) is 19.5. The number of ether oxygens (including phenoxy) is 1. The fourth-order valence-electron chi connectivity index (χ4n) is 3.69. The maximum atomic E-state index is 12.3. The number of piperidine rings is 1. The molecule has 2 aromatic heterocycles. The molecular weight excluding hydrogens is 384 g/mol. The summed E-state index contributed by atoms with van der Waals surface area (Å²) >= 11 is 1.43. The van der Waals surface area contributed by atoms with Gasteiger partial charge in [0.05, 0.1) is 19.3 Å². The molecule has 7 heteroatoms. The van der Waals surface area contributed by atoms with Gasteiger partial charge in [0, 0.05) is 35.3 Å². The Balaban J connectivity index is 1.41. The standard InChI is InChI=1S/C22H24N4O2S/c1-28-18-9-7-16(8-10-18)19-5-2-6-20(24-19)17-4-3-12-26(14-17)15-21(27)25-22-23-11-13-29-22/h2,5-11,13,17H,3-4,12,14-15H2,1H3,(H,23,25,27). The summed E-state index contributed by atoms with van der Waals surface area (Å²) in [5.41, 5.74) is 3.12. The average molecular weight is 409 g/mol. The van der Waals surface area contributed by atoms with Crippen LogP contribution in [0.25, 0.3) is 11.3 Å². The third-order valence-corrected chi connectivity index (χ3v) is 5.81. The Morgan fingerprint density at radius 2 is 2.14 bits per heavy atom. The van der Waals surface area contributed by atoms with E-state index in [1.54, 1.807) is 13.3 Å². The predicted octanol–water partition coefficient (Wildman–Crippen LogP) is 4.03. The SMILES string of the molecule is COc1ccc(-c2cccc(C3CCCN(CC(=O)Nc4nccs4)C3)n2)cc1. The maximum Gasteiger partial charge on any atom is 0.240 e. The summed E-state index contributed by atoms with van der Waals surface area (Å²) in [4.78, 5) is 23.5. The lowest BCUT2D eigenvalue weighted by Crippen LogP contribution is -2.40. The smallest absolute Gasteiger partial charge is 0.240 e. The maximum absolute atomic E-state index is 12.3. The van der Waals surface area contributed by atoms with E-state index in [1.165, 1.54) is 11.3 Å². The normalized spacial score (nSPS) is 17.1. The molecule has 0 spiro atoms. The fourth-order valence-corrected chi connectivity index (χ4v) is 4.23. The van der Waals surface area contributed by atoms with Crippen LogP contribution in [0.1, 0.15) is 24.5 Å². The van der Waals surface area contributed by atoms with Crippen LogP contribution in [0.3, 0.4) is 0 Å². The molecule has 0 saturated carbocycles. The van der Waals surface area contributed by atoms with Crippen molar-refractivity contribution in [3.63, 3.8) is 0 Å². The van der Waals surface area contributed by atoms with Crippen LogP contribution in [0.5, 0.6) is 5.75 Å². The van der Waals surface area contributed by atoms with Crippen LogP contribution < -0.4 is 10.1 Å². The second-order valence-electron chi connectivity index (χ2n) is 7.14. The number of hydrogen-bond acceptors (Lipinski definition) is 6. The van der Waals surface area contributed by atoms with Crippen molar-refractivity contribution >= 4 is 22.4 Å². The van der Waals surface area contributed by atoms with Gasteiger partial charge in [0.15, 0.2) is 5.13 Å². The highest BCUT2D eigenvalue weighted by Gasteiger charge is 2.24. The molecular formula is C22H24N4O2S. The van der Waals surface area contributed by atoms with Gasteiger partial charge in [-0.2, -0.15) is 0 Å². The molecule has 1 N–H and O–H groups in total. The van der Waals surface area contributed by atoms with Crippen molar-refractivity contribution in [3.05, 3.63) is 59.7 Å². The number of rotatable bonds is 6. The molecule has 3 heterocycles. The molecule has 1 aliphatic rings. The molecule has 1 amide bonds. The van der Waals surface area contributed by atoms with E-state index in [1.807, 2.05) is 35.7 Å². The summed E-state index contributed by atoms with van der Waals surface area (Å²) in [7, 11) is 1.67. The monoisotopic (exact) mass is 408 g/mol. The molecule has 0 radical (unpaired) electrons. The summed E-state index contributed by atoms with van der Waals surface area (Å²) in [6, 6.07) is 14.2. The number of likely N-dealkylation sites (tertiary alicyclic amines) is 1. The molecule has 6 nitrogen and oxygen atoms in total. The predicted molar refractivity (Wildman–Crippen MR) is 115 cm³/mol. The van der Waals surface area contributed by atoms with Crippen LogP contribution in [-0.4, -0.2) is 47.5 Å². The lowest BCUT2D eigenvalue weighted by Gasteiger charge is -2.32. The van der Waals surface area contributed by atoms with Crippen LogP contribution in [0.4, 0.5) is 5.13 Å². The van der Waals surface area contributed by atoms with Crippen LogP contribution >= 0.6 is 11.3 Å². The van der Waals surface area contributed by atoms with E-state index >= 15 is 0 Å². The third kappa shape index (κ3) is 4.99. The first-order valence-corrected chi connectivity index (χ1v) is 10.6. The summed E-state index contributed by atoms with van der Waals surface area (Å²) in [5.74, 6) is 1.15. The summed E-state index contributed by atoms with van der Waals surface area (Å²) < 4.78 is 5.24. The van der Waals surface area contributed by atoms with Crippen LogP contribution in [-0.2, 0) is 4.79 Å². The zero-order valence-electron chi connectivity index (χ0n) is 16.4. The molecule has 1 fully saturated rings. The fraction of sp³-hybridized carbons (Fsp3) is 0.318. The third-order valence-electron chi connectivity index (χ3n) is 5.13. The van der Waals surface area contributed by atoms with Crippen molar-refractivity contribution in [1.29, 1.82) is 0 Å². The number of carbonyl (C=O) groups is 1. The molecule has 29 heavy (non-hydrogen) atoms. The molecule has 0 aliphatic carbocycles. The van der Waals surface area contributed by atoms with E-state index in [4.69, 9.17) is 9.72 Å². The second-order valence-corrected chi connectivity index (χ2v) is 8.03. The first-order chi connectivity index (χ1) is 14.2. The van der Waals surface area contributed by atoms with Gasteiger partial charge in [-0.3, -0.25) is 14.7 Å². The summed E-state index contributed by atoms with van der Waals surface area (Å²) in [5, 5.41) is 5.37. The van der Waals surface area contributed by atoms with E-state index < -0.39 is 0 Å². The highest BCUT2D eigenvalue weighted by Crippen LogP contribution is 2.28. The molecule has 1 saturated heterocycles. The van der Waals surface area contributed by atoms with E-state index in [-0.39, 0.29) is 5.91 Å². The molecule has 1 aromatic carbocycles. The minimum Gasteiger partial charge on any atom is -0.497 e. The van der Waals surface area contributed by atoms with E-state index in [0.717, 1.165) is 48.6 Å². The minimum absolute atomic E-state index is 0.0134. The Morgan fingerprint density at radius 1 is 1.28 bits per heavy atom. The van der Waals surface area contributed by atoms with Gasteiger partial charge in [0.25, 0.3) is 0 Å². The Kier molecular flexibility index (Phi) is 6.17. The first-order valence-electron chi connectivity index (χ1n) is 9.74. The van der Waals surface area contributed by atoms with Gasteiger partial charge in [-0.1, -0.05) is 6.07 Å². The van der Waals surface area contributed by atoms with Gasteiger partial charge < -0.3 is 10.1 Å². The number of benzene rings is 1. The van der Waals surface area contributed by atoms with Crippen molar-refractivity contribution in [1.82, 2.24) is 14.9 Å². The molecule has 1 atom stereocenters. The highest BCUT2D eigenvalue weighted by atomic mass is 32.1. The number of nitrogens with one attached hydrogen (secondary N) is 1. The van der Waals surface area contributed by atoms with Gasteiger partial charge in [0.2, 0.25) is 5.91 Å². The van der Waals surface area contributed by atoms with Gasteiger partial charge in [0.1, 0.15) is 5.75 Å². The zero-order chi connectivity index (χ0) is 20.1. The second kappa shape index (κ2) is 9.15. The van der Waals surface area contributed by atoms with Crippen molar-refractivity contribution in [2.45, 2.75) is 18.8 Å². The average Bonchev–Trinajstić information content (AvgIpc) is 3.27. The van der Waals surface area contributed by atoms with E-state index in [9.17, 15) is 4.79 Å². The molecule has 3 aromatic rings. The van der Waals surface area contributed by atoms with Crippen molar-refractivity contribution in [3.8, 4) is 17.0 Å². The number of pyridine rings is 1. The van der Waals surface area contributed by atoms with Gasteiger partial charge in [-0.15, -0.1) is 11.3 Å². The zero-order valence-corrected chi connectivity index (χ0v) is 17.2. The number of thiazole rings is 1. The van der Waals surface area contributed by atoms with Gasteiger partial charge in [-0.25, -0.2) is 4.98 Å². The Labute approximate surface area is 174 Å². The summed E-state index contributed by atoms with van der Waals surface area (Å²) in [6.45, 7) is 2.15. The molecule has 0 bridgehead atoms. The molecule has 1 unspecified atom stereocenters. The number of aromatic nitrogens is 2. The van der Waals surface area contributed by atoms with Crippen molar-refractivity contribution < 1.29 is 9.53 Å². The quantitative estimate of drug-likeness (QED) is 0.667. The van der Waals surface area contributed by atoms with Crippen molar-refractivity contribution in [2.75, 3.05) is 32.1 Å². The Morgan fingerprint density at radius 3 is 2.90 bits per heavy atom. The Hall–Kier alpha value is -2.77. The van der Waals surface area contributed by atoms with E-state index in [2.05, 4.69) is 27.3 Å².